The molecule has 11 nitrogen and oxygen atoms in total. The molecule has 0 radical (unpaired) electrons. The van der Waals surface area contributed by atoms with Crippen molar-refractivity contribution >= 4 is 29.1 Å². The van der Waals surface area contributed by atoms with Gasteiger partial charge < -0.3 is 40.0 Å². The number of nitrogens with one attached hydrogen (secondary N) is 1. The van der Waals surface area contributed by atoms with Crippen molar-refractivity contribution < 1.29 is 28.6 Å². The van der Waals surface area contributed by atoms with Gasteiger partial charge in [-0.3, -0.25) is 14.4 Å². The normalized spacial score (nSPS) is 15.5. The molecule has 1 saturated heterocycles. The molecule has 256 valence electrons. The molecule has 0 aliphatic carbocycles. The second-order valence-electron chi connectivity index (χ2n) is 12.4. The number of piperazine rings is 1. The van der Waals surface area contributed by atoms with Crippen molar-refractivity contribution in [2.24, 2.45) is 5.73 Å². The van der Waals surface area contributed by atoms with Gasteiger partial charge in [0.2, 0.25) is 5.91 Å². The lowest BCUT2D eigenvalue weighted by molar-refractivity contribution is -0.132. The second-order valence-corrected chi connectivity index (χ2v) is 12.4. The average molecular weight is 658 g/mol. The molecule has 0 aromatic heterocycles. The molecule has 2 aliphatic rings. The van der Waals surface area contributed by atoms with Crippen LogP contribution in [0.4, 0.5) is 11.4 Å². The Bertz CT molecular complexity index is 1620. The Hall–Kier alpha value is -4.61. The van der Waals surface area contributed by atoms with Gasteiger partial charge in [-0.25, -0.2) is 0 Å². The highest BCUT2D eigenvalue weighted by Crippen LogP contribution is 2.38. The Morgan fingerprint density at radius 2 is 1.77 bits per heavy atom. The summed E-state index contributed by atoms with van der Waals surface area (Å²) >= 11 is 0. The predicted octanol–water partition coefficient (Wildman–Crippen LogP) is 5.03. The molecule has 5 rings (SSSR count). The molecule has 2 aliphatic heterocycles. The van der Waals surface area contributed by atoms with Gasteiger partial charge in [-0.2, -0.15) is 0 Å². The molecule has 48 heavy (non-hydrogen) atoms. The summed E-state index contributed by atoms with van der Waals surface area (Å²) in [7, 11) is 5.26. The van der Waals surface area contributed by atoms with E-state index in [9.17, 15) is 14.4 Å². The lowest BCUT2D eigenvalue weighted by Crippen LogP contribution is -2.47. The number of hydrogen-bond donors (Lipinski definition) is 2. The summed E-state index contributed by atoms with van der Waals surface area (Å²) in [6.45, 7) is 6.28. The number of para-hydroxylation sites is 1. The van der Waals surface area contributed by atoms with Crippen LogP contribution in [-0.4, -0.2) is 88.1 Å². The second kappa shape index (κ2) is 16.0. The molecule has 1 atom stereocenters. The SMILES string of the molecule is COc1cccc(C(=O)N(C)c2ccc(C)cc2OCCCCCC(=O)N2CCN(C)CC2)c1NC(=O)c1ccc2cc1C(CCN)O2. The molecular formula is C37H47N5O6. The molecular weight excluding hydrogens is 610 g/mol. The molecule has 1 fully saturated rings. The zero-order chi connectivity index (χ0) is 34.2. The van der Waals surface area contributed by atoms with Crippen molar-refractivity contribution in [1.82, 2.24) is 9.80 Å². The van der Waals surface area contributed by atoms with Crippen LogP contribution < -0.4 is 30.2 Å². The number of unbranched alkanes of at least 4 members (excludes halogenated alkanes) is 2. The highest BCUT2D eigenvalue weighted by atomic mass is 16.5. The number of fused-ring (bicyclic) bond motifs is 2. The summed E-state index contributed by atoms with van der Waals surface area (Å²) in [6, 6.07) is 16.1. The molecule has 2 heterocycles. The van der Waals surface area contributed by atoms with Crippen molar-refractivity contribution in [3.63, 3.8) is 0 Å². The number of amides is 3. The number of aryl methyl sites for hydroxylation is 1. The molecule has 3 amide bonds. The molecule has 0 spiro atoms. The summed E-state index contributed by atoms with van der Waals surface area (Å²) < 4.78 is 17.7. The van der Waals surface area contributed by atoms with Gasteiger partial charge in [-0.05, 0) is 87.8 Å². The van der Waals surface area contributed by atoms with E-state index < -0.39 is 0 Å². The van der Waals surface area contributed by atoms with Gasteiger partial charge in [0, 0.05) is 57.2 Å². The first-order valence-corrected chi connectivity index (χ1v) is 16.7. The van der Waals surface area contributed by atoms with Gasteiger partial charge in [0.05, 0.1) is 30.7 Å². The van der Waals surface area contributed by atoms with Crippen LogP contribution in [0.2, 0.25) is 0 Å². The van der Waals surface area contributed by atoms with Crippen LogP contribution in [0, 0.1) is 6.92 Å². The zero-order valence-corrected chi connectivity index (χ0v) is 28.4. The third-order valence-corrected chi connectivity index (χ3v) is 8.97. The van der Waals surface area contributed by atoms with Crippen LogP contribution in [0.25, 0.3) is 0 Å². The largest absolute Gasteiger partial charge is 0.495 e. The number of nitrogens with two attached hydrogens (primary N) is 1. The smallest absolute Gasteiger partial charge is 0.260 e. The van der Waals surface area contributed by atoms with E-state index in [0.717, 1.165) is 56.6 Å². The van der Waals surface area contributed by atoms with Gasteiger partial charge in [-0.1, -0.05) is 12.1 Å². The van der Waals surface area contributed by atoms with Gasteiger partial charge >= 0.3 is 0 Å². The minimum absolute atomic E-state index is 0.222. The van der Waals surface area contributed by atoms with Crippen LogP contribution in [0.1, 0.15) is 70.1 Å². The lowest BCUT2D eigenvalue weighted by atomic mass is 10.0. The Balaban J connectivity index is 1.24. The maximum absolute atomic E-state index is 14.1. The van der Waals surface area contributed by atoms with E-state index in [1.807, 2.05) is 36.1 Å². The Labute approximate surface area is 282 Å². The summed E-state index contributed by atoms with van der Waals surface area (Å²) in [6.07, 6.45) is 3.29. The van der Waals surface area contributed by atoms with Gasteiger partial charge in [0.15, 0.2) is 0 Å². The minimum atomic E-state index is -0.380. The maximum Gasteiger partial charge on any atom is 0.260 e. The summed E-state index contributed by atoms with van der Waals surface area (Å²) in [4.78, 5) is 46.0. The van der Waals surface area contributed by atoms with Gasteiger partial charge in [0.1, 0.15) is 23.4 Å². The fourth-order valence-corrected chi connectivity index (χ4v) is 6.13. The molecule has 11 heteroatoms. The first-order chi connectivity index (χ1) is 23.2. The number of anilines is 2. The number of carbonyl (C=O) groups is 3. The molecule has 2 bridgehead atoms. The number of ether oxygens (including phenoxy) is 3. The number of hydrogen-bond acceptors (Lipinski definition) is 8. The maximum atomic E-state index is 14.1. The molecule has 0 saturated carbocycles. The average Bonchev–Trinajstić information content (AvgIpc) is 3.40. The number of benzene rings is 3. The summed E-state index contributed by atoms with van der Waals surface area (Å²) in [5, 5.41) is 2.94. The number of likely N-dealkylation sites (N-methyl/N-ethyl adjacent to an activating group) is 1. The Morgan fingerprint density at radius 1 is 0.979 bits per heavy atom. The van der Waals surface area contributed by atoms with Gasteiger partial charge in [-0.15, -0.1) is 0 Å². The third kappa shape index (κ3) is 8.08. The van der Waals surface area contributed by atoms with Crippen LogP contribution in [0.5, 0.6) is 17.2 Å². The van der Waals surface area contributed by atoms with E-state index in [-0.39, 0.29) is 35.1 Å². The lowest BCUT2D eigenvalue weighted by Gasteiger charge is -2.32. The van der Waals surface area contributed by atoms with Crippen molar-refractivity contribution in [1.29, 1.82) is 0 Å². The summed E-state index contributed by atoms with van der Waals surface area (Å²) in [5.74, 6) is 1.14. The van der Waals surface area contributed by atoms with Crippen LogP contribution in [0.15, 0.2) is 54.6 Å². The quantitative estimate of drug-likeness (QED) is 0.231. The highest BCUT2D eigenvalue weighted by Gasteiger charge is 2.29. The number of rotatable bonds is 14. The Kier molecular flexibility index (Phi) is 11.6. The highest BCUT2D eigenvalue weighted by molar-refractivity contribution is 6.15. The first kappa shape index (κ1) is 34.7. The van der Waals surface area contributed by atoms with E-state index in [4.69, 9.17) is 19.9 Å². The molecule has 3 aromatic carbocycles. The zero-order valence-electron chi connectivity index (χ0n) is 28.4. The monoisotopic (exact) mass is 657 g/mol. The molecule has 3 aromatic rings. The van der Waals surface area contributed by atoms with Crippen LogP contribution in [0.3, 0.4) is 0 Å². The van der Waals surface area contributed by atoms with Crippen LogP contribution in [-0.2, 0) is 4.79 Å². The number of nitrogens with zero attached hydrogens (tertiary/aromatic N) is 3. The van der Waals surface area contributed by atoms with Crippen molar-refractivity contribution in [2.45, 2.75) is 45.1 Å². The minimum Gasteiger partial charge on any atom is -0.495 e. The van der Waals surface area contributed by atoms with E-state index >= 15 is 0 Å². The van der Waals surface area contributed by atoms with E-state index in [2.05, 4.69) is 17.3 Å². The van der Waals surface area contributed by atoms with Crippen molar-refractivity contribution in [3.05, 3.63) is 76.9 Å². The summed E-state index contributed by atoms with van der Waals surface area (Å²) in [5.41, 5.74) is 9.12. The Morgan fingerprint density at radius 3 is 2.52 bits per heavy atom. The first-order valence-electron chi connectivity index (χ1n) is 16.7. The van der Waals surface area contributed by atoms with Gasteiger partial charge in [0.25, 0.3) is 11.8 Å². The number of carbonyl (C=O) groups excluding carboxylic acids is 3. The van der Waals surface area contributed by atoms with Crippen molar-refractivity contribution in [3.8, 4) is 17.2 Å². The fourth-order valence-electron chi connectivity index (χ4n) is 6.13. The molecule has 3 N–H and O–H groups in total. The fraction of sp³-hybridized carbons (Fsp3) is 0.432. The van der Waals surface area contributed by atoms with E-state index in [1.54, 1.807) is 37.4 Å². The standard InChI is InChI=1S/C37H47N5O6/c1-25-12-15-30(33(23-25)47-22-7-5-6-11-34(43)42-20-18-40(2)19-21-42)41(3)37(45)28-9-8-10-32(46-4)35(28)39-36(44)27-14-13-26-24-29(27)31(48-26)16-17-38/h8-10,12-15,23-24,31H,5-7,11,16-22,38H2,1-4H3,(H,39,44). The molecule has 1 unspecified atom stereocenters. The predicted molar refractivity (Wildman–Crippen MR) is 186 cm³/mol. The van der Waals surface area contributed by atoms with E-state index in [0.29, 0.717) is 54.5 Å². The van der Waals surface area contributed by atoms with Crippen molar-refractivity contribution in [2.75, 3.05) is 70.8 Å². The number of methoxy groups -OCH3 is 1. The topological polar surface area (TPSA) is 127 Å². The van der Waals surface area contributed by atoms with E-state index in [1.165, 1.54) is 12.0 Å². The van der Waals surface area contributed by atoms with Crippen LogP contribution >= 0.6 is 0 Å². The third-order valence-electron chi connectivity index (χ3n) is 8.97.